The van der Waals surface area contributed by atoms with Crippen molar-refractivity contribution < 1.29 is 17.2 Å². The Bertz CT molecular complexity index is 731. The molecule has 5 nitrogen and oxygen atoms in total. The molecule has 0 atom stereocenters. The number of halogens is 2. The van der Waals surface area contributed by atoms with Crippen LogP contribution < -0.4 is 10.0 Å². The SMILES string of the molecule is CCNCc1cc(S(=O)(=O)Nc2ccccc2F)c(Br)o1. The van der Waals surface area contributed by atoms with E-state index in [9.17, 15) is 12.8 Å². The summed E-state index contributed by atoms with van der Waals surface area (Å²) in [5.41, 5.74) is -0.112. The van der Waals surface area contributed by atoms with Gasteiger partial charge in [0.1, 0.15) is 16.5 Å². The van der Waals surface area contributed by atoms with E-state index in [0.29, 0.717) is 12.3 Å². The molecule has 1 aromatic carbocycles. The second kappa shape index (κ2) is 6.59. The van der Waals surface area contributed by atoms with Gasteiger partial charge in [0.25, 0.3) is 10.0 Å². The lowest BCUT2D eigenvalue weighted by Gasteiger charge is -2.07. The number of hydrogen-bond acceptors (Lipinski definition) is 4. The fraction of sp³-hybridized carbons (Fsp3) is 0.231. The smallest absolute Gasteiger partial charge is 0.266 e. The molecule has 2 aromatic rings. The van der Waals surface area contributed by atoms with Crippen molar-refractivity contribution in [3.05, 3.63) is 46.6 Å². The van der Waals surface area contributed by atoms with Crippen molar-refractivity contribution in [3.63, 3.8) is 0 Å². The molecule has 0 aliphatic heterocycles. The maximum atomic E-state index is 13.5. The van der Waals surface area contributed by atoms with Gasteiger partial charge in [-0.25, -0.2) is 12.8 Å². The van der Waals surface area contributed by atoms with Gasteiger partial charge in [-0.05, 0) is 34.6 Å². The highest BCUT2D eigenvalue weighted by molar-refractivity contribution is 9.10. The number of hydrogen-bond donors (Lipinski definition) is 2. The zero-order valence-corrected chi connectivity index (χ0v) is 13.6. The predicted octanol–water partition coefficient (Wildman–Crippen LogP) is 3.09. The molecule has 0 aliphatic rings. The van der Waals surface area contributed by atoms with Gasteiger partial charge in [-0.1, -0.05) is 19.1 Å². The molecule has 1 aromatic heterocycles. The van der Waals surface area contributed by atoms with Crippen LogP contribution in [0.5, 0.6) is 0 Å². The van der Waals surface area contributed by atoms with Gasteiger partial charge >= 0.3 is 0 Å². The molecule has 8 heteroatoms. The fourth-order valence-corrected chi connectivity index (χ4v) is 3.73. The third kappa shape index (κ3) is 3.84. The van der Waals surface area contributed by atoms with E-state index in [0.717, 1.165) is 6.54 Å². The van der Waals surface area contributed by atoms with Gasteiger partial charge in [0.05, 0.1) is 12.2 Å². The molecule has 114 valence electrons. The van der Waals surface area contributed by atoms with E-state index in [4.69, 9.17) is 4.42 Å². The molecule has 0 radical (unpaired) electrons. The summed E-state index contributed by atoms with van der Waals surface area (Å²) >= 11 is 3.07. The Morgan fingerprint density at radius 1 is 1.33 bits per heavy atom. The summed E-state index contributed by atoms with van der Waals surface area (Å²) in [6, 6.07) is 6.95. The molecular formula is C13H14BrFN2O3S. The van der Waals surface area contributed by atoms with Crippen molar-refractivity contribution in [2.75, 3.05) is 11.3 Å². The van der Waals surface area contributed by atoms with Gasteiger partial charge in [-0.3, -0.25) is 4.72 Å². The van der Waals surface area contributed by atoms with Crippen LogP contribution in [0.2, 0.25) is 0 Å². The number of furan rings is 1. The monoisotopic (exact) mass is 376 g/mol. The minimum absolute atomic E-state index is 0.0707. The lowest BCUT2D eigenvalue weighted by atomic mass is 10.3. The van der Waals surface area contributed by atoms with Crippen LogP contribution in [0.15, 0.2) is 44.3 Å². The highest BCUT2D eigenvalue weighted by Crippen LogP contribution is 2.28. The Morgan fingerprint density at radius 2 is 2.05 bits per heavy atom. The fourth-order valence-electron chi connectivity index (χ4n) is 1.66. The zero-order chi connectivity index (χ0) is 15.5. The van der Waals surface area contributed by atoms with Gasteiger partial charge in [0.15, 0.2) is 4.67 Å². The van der Waals surface area contributed by atoms with Crippen molar-refractivity contribution in [1.82, 2.24) is 5.32 Å². The van der Waals surface area contributed by atoms with Crippen LogP contribution in [0.3, 0.4) is 0 Å². The van der Waals surface area contributed by atoms with E-state index >= 15 is 0 Å². The van der Waals surface area contributed by atoms with Crippen LogP contribution in [-0.2, 0) is 16.6 Å². The first-order valence-electron chi connectivity index (χ1n) is 6.20. The highest BCUT2D eigenvalue weighted by Gasteiger charge is 2.23. The van der Waals surface area contributed by atoms with E-state index < -0.39 is 15.8 Å². The molecule has 0 unspecified atom stereocenters. The van der Waals surface area contributed by atoms with E-state index in [2.05, 4.69) is 26.0 Å². The Labute approximate surface area is 130 Å². The molecule has 2 N–H and O–H groups in total. The highest BCUT2D eigenvalue weighted by atomic mass is 79.9. The van der Waals surface area contributed by atoms with Crippen LogP contribution in [0, 0.1) is 5.82 Å². The Kier molecular flexibility index (Phi) is 5.02. The van der Waals surface area contributed by atoms with E-state index in [-0.39, 0.29) is 15.3 Å². The summed E-state index contributed by atoms with van der Waals surface area (Å²) in [6.45, 7) is 3.06. The van der Waals surface area contributed by atoms with Gasteiger partial charge in [-0.15, -0.1) is 0 Å². The summed E-state index contributed by atoms with van der Waals surface area (Å²) in [5, 5.41) is 3.03. The molecule has 0 spiro atoms. The number of nitrogens with one attached hydrogen (secondary N) is 2. The van der Waals surface area contributed by atoms with Gasteiger partial charge < -0.3 is 9.73 Å². The van der Waals surface area contributed by atoms with Gasteiger partial charge in [0.2, 0.25) is 0 Å². The number of benzene rings is 1. The lowest BCUT2D eigenvalue weighted by molar-refractivity contribution is 0.464. The van der Waals surface area contributed by atoms with E-state index in [1.807, 2.05) is 6.92 Å². The van der Waals surface area contributed by atoms with Crippen LogP contribution in [-0.4, -0.2) is 15.0 Å². The average Bonchev–Trinajstić information content (AvgIpc) is 2.81. The number of anilines is 1. The first-order chi connectivity index (χ1) is 9.94. The Morgan fingerprint density at radius 3 is 2.71 bits per heavy atom. The molecule has 2 rings (SSSR count). The van der Waals surface area contributed by atoms with E-state index in [1.165, 1.54) is 24.3 Å². The topological polar surface area (TPSA) is 71.3 Å². The first kappa shape index (κ1) is 16.0. The lowest BCUT2D eigenvalue weighted by Crippen LogP contribution is -2.14. The van der Waals surface area contributed by atoms with Crippen molar-refractivity contribution in [2.24, 2.45) is 0 Å². The molecule has 21 heavy (non-hydrogen) atoms. The summed E-state index contributed by atoms with van der Waals surface area (Å²) in [4.78, 5) is -0.0707. The third-order valence-corrected chi connectivity index (χ3v) is 4.89. The normalized spacial score (nSPS) is 11.6. The Hall–Kier alpha value is -1.38. The third-order valence-electron chi connectivity index (χ3n) is 2.66. The molecule has 0 fully saturated rings. The average molecular weight is 377 g/mol. The molecule has 1 heterocycles. The maximum absolute atomic E-state index is 13.5. The first-order valence-corrected chi connectivity index (χ1v) is 8.48. The van der Waals surface area contributed by atoms with Crippen molar-refractivity contribution in [1.29, 1.82) is 0 Å². The Balaban J connectivity index is 2.27. The molecule has 0 saturated heterocycles. The molecule has 0 aliphatic carbocycles. The summed E-state index contributed by atoms with van der Waals surface area (Å²) < 4.78 is 45.7. The second-order valence-corrected chi connectivity index (χ2v) is 6.59. The van der Waals surface area contributed by atoms with Gasteiger partial charge in [-0.2, -0.15) is 0 Å². The summed E-state index contributed by atoms with van der Waals surface area (Å²) in [5.74, 6) is -0.175. The number of sulfonamides is 1. The maximum Gasteiger partial charge on any atom is 0.266 e. The van der Waals surface area contributed by atoms with Crippen LogP contribution in [0.4, 0.5) is 10.1 Å². The standard InChI is InChI=1S/C13H14BrFN2O3S/c1-2-16-8-9-7-12(13(14)20-9)21(18,19)17-11-6-4-3-5-10(11)15/h3-7,16-17H,2,8H2,1H3. The minimum atomic E-state index is -3.93. The van der Waals surface area contributed by atoms with Gasteiger partial charge in [0, 0.05) is 6.07 Å². The van der Waals surface area contributed by atoms with Crippen molar-refractivity contribution in [3.8, 4) is 0 Å². The molecule has 0 amide bonds. The molecule has 0 bridgehead atoms. The summed E-state index contributed by atoms with van der Waals surface area (Å²) in [6.07, 6.45) is 0. The predicted molar refractivity (Wildman–Crippen MR) is 81.0 cm³/mol. The minimum Gasteiger partial charge on any atom is -0.451 e. The second-order valence-electron chi connectivity index (χ2n) is 4.22. The van der Waals surface area contributed by atoms with Crippen LogP contribution in [0.1, 0.15) is 12.7 Å². The molecule has 0 saturated carbocycles. The van der Waals surface area contributed by atoms with Crippen LogP contribution in [0.25, 0.3) is 0 Å². The summed E-state index contributed by atoms with van der Waals surface area (Å²) in [7, 11) is -3.93. The van der Waals surface area contributed by atoms with Crippen molar-refractivity contribution in [2.45, 2.75) is 18.4 Å². The van der Waals surface area contributed by atoms with Crippen LogP contribution >= 0.6 is 15.9 Å². The quantitative estimate of drug-likeness (QED) is 0.812. The number of para-hydroxylation sites is 1. The van der Waals surface area contributed by atoms with E-state index in [1.54, 1.807) is 6.07 Å². The molecular weight excluding hydrogens is 363 g/mol. The zero-order valence-electron chi connectivity index (χ0n) is 11.2. The van der Waals surface area contributed by atoms with Crippen molar-refractivity contribution >= 4 is 31.6 Å². The number of rotatable bonds is 6. The largest absolute Gasteiger partial charge is 0.451 e.